The molecule has 116 valence electrons. The Hall–Kier alpha value is -2.18. The predicted octanol–water partition coefficient (Wildman–Crippen LogP) is 5.53. The van der Waals surface area contributed by atoms with E-state index < -0.39 is 0 Å². The number of aromatic nitrogens is 1. The summed E-state index contributed by atoms with van der Waals surface area (Å²) >= 11 is 4.81. The van der Waals surface area contributed by atoms with E-state index in [1.165, 1.54) is 11.3 Å². The van der Waals surface area contributed by atoms with E-state index in [1.54, 1.807) is 0 Å². The molecule has 0 fully saturated rings. The van der Waals surface area contributed by atoms with Gasteiger partial charge in [-0.25, -0.2) is 9.78 Å². The van der Waals surface area contributed by atoms with Gasteiger partial charge in [-0.3, -0.25) is 5.32 Å². The first-order valence-corrected chi connectivity index (χ1v) is 8.64. The van der Waals surface area contributed by atoms with Gasteiger partial charge in [-0.2, -0.15) is 0 Å². The lowest BCUT2D eigenvalue weighted by molar-refractivity contribution is 0.262. The zero-order valence-corrected chi connectivity index (χ0v) is 14.7. The van der Waals surface area contributed by atoms with Crippen molar-refractivity contribution in [2.75, 3.05) is 10.6 Å². The molecule has 2 N–H and O–H groups in total. The van der Waals surface area contributed by atoms with E-state index in [0.717, 1.165) is 27.0 Å². The van der Waals surface area contributed by atoms with Crippen molar-refractivity contribution in [1.82, 2.24) is 4.98 Å². The van der Waals surface area contributed by atoms with Crippen LogP contribution < -0.4 is 10.6 Å². The molecule has 0 aliphatic rings. The number of nitrogens with zero attached hydrogens (tertiary/aromatic N) is 1. The lowest BCUT2D eigenvalue weighted by atomic mass is 10.2. The molecule has 0 aliphatic heterocycles. The van der Waals surface area contributed by atoms with Crippen LogP contribution in [0.25, 0.3) is 11.3 Å². The highest BCUT2D eigenvalue weighted by molar-refractivity contribution is 9.10. The Bertz CT molecular complexity index is 830. The molecule has 0 saturated carbocycles. The fourth-order valence-corrected chi connectivity index (χ4v) is 3.03. The highest BCUT2D eigenvalue weighted by atomic mass is 79.9. The van der Waals surface area contributed by atoms with E-state index in [4.69, 9.17) is 0 Å². The molecule has 0 unspecified atom stereocenters. The first-order chi connectivity index (χ1) is 11.1. The van der Waals surface area contributed by atoms with Gasteiger partial charge >= 0.3 is 6.03 Å². The fourth-order valence-electron chi connectivity index (χ4n) is 2.05. The van der Waals surface area contributed by atoms with Crippen LogP contribution in [0, 0.1) is 6.92 Å². The third-order valence-electron chi connectivity index (χ3n) is 3.26. The molecule has 0 bridgehead atoms. The zero-order valence-electron chi connectivity index (χ0n) is 12.3. The van der Waals surface area contributed by atoms with Crippen LogP contribution in [0.15, 0.2) is 58.4 Å². The number of benzene rings is 2. The normalized spacial score (nSPS) is 10.3. The monoisotopic (exact) mass is 387 g/mol. The van der Waals surface area contributed by atoms with Crippen LogP contribution in [-0.4, -0.2) is 11.0 Å². The Morgan fingerprint density at radius 1 is 1.09 bits per heavy atom. The number of nitrogens with one attached hydrogen (secondary N) is 2. The molecule has 3 rings (SSSR count). The second-order valence-electron chi connectivity index (χ2n) is 4.94. The lowest BCUT2D eigenvalue weighted by Crippen LogP contribution is -2.19. The zero-order chi connectivity index (χ0) is 16.2. The summed E-state index contributed by atoms with van der Waals surface area (Å²) in [6.07, 6.45) is 0. The van der Waals surface area contributed by atoms with E-state index in [-0.39, 0.29) is 6.03 Å². The molecule has 1 aromatic heterocycles. The molecular formula is C17H14BrN3OS. The van der Waals surface area contributed by atoms with Crippen LogP contribution in [-0.2, 0) is 0 Å². The van der Waals surface area contributed by atoms with Gasteiger partial charge in [0.1, 0.15) is 0 Å². The van der Waals surface area contributed by atoms with Crippen LogP contribution in [0.4, 0.5) is 15.6 Å². The molecule has 23 heavy (non-hydrogen) atoms. The molecule has 0 radical (unpaired) electrons. The summed E-state index contributed by atoms with van der Waals surface area (Å²) in [6.45, 7) is 1.95. The number of anilines is 2. The lowest BCUT2D eigenvalue weighted by Gasteiger charge is -2.07. The highest BCUT2D eigenvalue weighted by Gasteiger charge is 2.09. The standard InChI is InChI=1S/C17H14BrN3OS/c1-11-4-2-3-5-14(11)19-16(22)21-17-20-15(10-23-17)12-6-8-13(18)9-7-12/h2-10H,1H3,(H2,19,20,21,22). The molecule has 1 heterocycles. The number of amides is 2. The van der Waals surface area contributed by atoms with Gasteiger partial charge in [-0.05, 0) is 30.7 Å². The van der Waals surface area contributed by atoms with Gasteiger partial charge in [0, 0.05) is 21.1 Å². The molecule has 6 heteroatoms. The van der Waals surface area contributed by atoms with Crippen molar-refractivity contribution in [2.45, 2.75) is 6.92 Å². The van der Waals surface area contributed by atoms with Crippen LogP contribution in [0.5, 0.6) is 0 Å². The summed E-state index contributed by atoms with van der Waals surface area (Å²) in [4.78, 5) is 16.5. The van der Waals surface area contributed by atoms with Crippen molar-refractivity contribution in [3.05, 3.63) is 63.9 Å². The number of para-hydroxylation sites is 1. The molecule has 2 aromatic carbocycles. The number of carbonyl (C=O) groups excluding carboxylic acids is 1. The van der Waals surface area contributed by atoms with E-state index in [1.807, 2.05) is 60.8 Å². The van der Waals surface area contributed by atoms with E-state index in [2.05, 4.69) is 31.5 Å². The number of carbonyl (C=O) groups is 1. The van der Waals surface area contributed by atoms with Crippen LogP contribution >= 0.6 is 27.3 Å². The minimum Gasteiger partial charge on any atom is -0.307 e. The average Bonchev–Trinajstić information content (AvgIpc) is 2.98. The smallest absolute Gasteiger partial charge is 0.307 e. The maximum absolute atomic E-state index is 12.1. The summed E-state index contributed by atoms with van der Waals surface area (Å²) in [5.74, 6) is 0. The molecule has 0 atom stereocenters. The van der Waals surface area contributed by atoms with E-state index >= 15 is 0 Å². The molecule has 0 spiro atoms. The molecule has 0 saturated heterocycles. The third-order valence-corrected chi connectivity index (χ3v) is 4.54. The van der Waals surface area contributed by atoms with Crippen molar-refractivity contribution < 1.29 is 4.79 Å². The largest absolute Gasteiger partial charge is 0.325 e. The molecule has 0 aliphatic carbocycles. The summed E-state index contributed by atoms with van der Waals surface area (Å²) in [7, 11) is 0. The van der Waals surface area contributed by atoms with E-state index in [9.17, 15) is 4.79 Å². The molecule has 4 nitrogen and oxygen atoms in total. The second kappa shape index (κ2) is 6.93. The number of thiazole rings is 1. The summed E-state index contributed by atoms with van der Waals surface area (Å²) in [6, 6.07) is 15.2. The minimum absolute atomic E-state index is 0.295. The van der Waals surface area contributed by atoms with Crippen LogP contribution in [0.2, 0.25) is 0 Å². The molecule has 3 aromatic rings. The number of hydrogen-bond donors (Lipinski definition) is 2. The summed E-state index contributed by atoms with van der Waals surface area (Å²) in [5.41, 5.74) is 3.65. The molecule has 2 amide bonds. The first kappa shape index (κ1) is 15.7. The van der Waals surface area contributed by atoms with Gasteiger partial charge in [0.2, 0.25) is 0 Å². The number of rotatable bonds is 3. The van der Waals surface area contributed by atoms with Crippen molar-refractivity contribution in [3.8, 4) is 11.3 Å². The van der Waals surface area contributed by atoms with Crippen molar-refractivity contribution >= 4 is 44.1 Å². The Labute approximate surface area is 146 Å². The number of hydrogen-bond acceptors (Lipinski definition) is 3. The Morgan fingerprint density at radius 3 is 2.57 bits per heavy atom. The second-order valence-corrected chi connectivity index (χ2v) is 6.71. The summed E-state index contributed by atoms with van der Waals surface area (Å²) < 4.78 is 1.02. The van der Waals surface area contributed by atoms with Crippen LogP contribution in [0.1, 0.15) is 5.56 Å². The van der Waals surface area contributed by atoms with Gasteiger partial charge < -0.3 is 5.32 Å². The molecular weight excluding hydrogens is 374 g/mol. The average molecular weight is 388 g/mol. The van der Waals surface area contributed by atoms with Gasteiger partial charge in [0.05, 0.1) is 5.69 Å². The van der Waals surface area contributed by atoms with Crippen LogP contribution in [0.3, 0.4) is 0 Å². The van der Waals surface area contributed by atoms with Gasteiger partial charge in [0.25, 0.3) is 0 Å². The Balaban J connectivity index is 1.68. The SMILES string of the molecule is Cc1ccccc1NC(=O)Nc1nc(-c2ccc(Br)cc2)cs1. The van der Waals surface area contributed by atoms with Crippen molar-refractivity contribution in [1.29, 1.82) is 0 Å². The number of urea groups is 1. The fraction of sp³-hybridized carbons (Fsp3) is 0.0588. The predicted molar refractivity (Wildman–Crippen MR) is 99.1 cm³/mol. The minimum atomic E-state index is -0.295. The first-order valence-electron chi connectivity index (χ1n) is 6.97. The van der Waals surface area contributed by atoms with Crippen molar-refractivity contribution in [2.24, 2.45) is 0 Å². The van der Waals surface area contributed by atoms with E-state index in [0.29, 0.717) is 5.13 Å². The number of aryl methyl sites for hydroxylation is 1. The Morgan fingerprint density at radius 2 is 1.83 bits per heavy atom. The Kier molecular flexibility index (Phi) is 4.73. The highest BCUT2D eigenvalue weighted by Crippen LogP contribution is 2.26. The van der Waals surface area contributed by atoms with Gasteiger partial charge in [0.15, 0.2) is 5.13 Å². The van der Waals surface area contributed by atoms with Gasteiger partial charge in [-0.15, -0.1) is 11.3 Å². The quantitative estimate of drug-likeness (QED) is 0.620. The van der Waals surface area contributed by atoms with Crippen molar-refractivity contribution in [3.63, 3.8) is 0 Å². The maximum Gasteiger partial charge on any atom is 0.325 e. The summed E-state index contributed by atoms with van der Waals surface area (Å²) in [5, 5.41) is 8.08. The van der Waals surface area contributed by atoms with Gasteiger partial charge in [-0.1, -0.05) is 46.3 Å². The maximum atomic E-state index is 12.1. The third kappa shape index (κ3) is 3.97. The topological polar surface area (TPSA) is 54.0 Å². The number of halogens is 1.